The van der Waals surface area contributed by atoms with Crippen molar-refractivity contribution in [2.45, 2.75) is 6.92 Å². The number of halogens is 1. The first kappa shape index (κ1) is 10.5. The molecule has 0 aliphatic carbocycles. The number of hydrogen-bond donors (Lipinski definition) is 0. The molecule has 0 aliphatic rings. The van der Waals surface area contributed by atoms with E-state index >= 15 is 0 Å². The Balaban J connectivity index is 2.38. The van der Waals surface area contributed by atoms with Crippen molar-refractivity contribution in [1.29, 1.82) is 0 Å². The molecule has 3 aromatic heterocycles. The van der Waals surface area contributed by atoms with Gasteiger partial charge in [-0.05, 0) is 47.1 Å². The molecule has 3 rings (SSSR count). The Morgan fingerprint density at radius 2 is 1.88 bits per heavy atom. The second kappa shape index (κ2) is 3.96. The monoisotopic (exact) mass is 287 g/mol. The molecule has 0 atom stereocenters. The van der Waals surface area contributed by atoms with Crippen LogP contribution < -0.4 is 0 Å². The fraction of sp³-hybridized carbons (Fsp3) is 0.0769. The van der Waals surface area contributed by atoms with Crippen LogP contribution in [0.2, 0.25) is 0 Å². The van der Waals surface area contributed by atoms with Crippen molar-refractivity contribution in [3.63, 3.8) is 0 Å². The third-order valence-corrected chi connectivity index (χ3v) is 3.33. The summed E-state index contributed by atoms with van der Waals surface area (Å²) in [5, 5.41) is 0. The average Bonchev–Trinajstić information content (AvgIpc) is 2.70. The fourth-order valence-corrected chi connectivity index (χ4v) is 2.43. The van der Waals surface area contributed by atoms with Crippen LogP contribution >= 0.6 is 15.9 Å². The summed E-state index contributed by atoms with van der Waals surface area (Å²) in [4.78, 5) is 8.60. The van der Waals surface area contributed by atoms with Gasteiger partial charge in [0.25, 0.3) is 0 Å². The van der Waals surface area contributed by atoms with E-state index in [2.05, 4.69) is 49.4 Å². The zero-order valence-corrected chi connectivity index (χ0v) is 10.8. The predicted octanol–water partition coefficient (Wildman–Crippen LogP) is 3.47. The van der Waals surface area contributed by atoms with Gasteiger partial charge in [0.05, 0.1) is 5.52 Å². The number of hydrogen-bond acceptors (Lipinski definition) is 2. The van der Waals surface area contributed by atoms with Crippen molar-refractivity contribution >= 4 is 21.4 Å². The highest BCUT2D eigenvalue weighted by Crippen LogP contribution is 2.26. The van der Waals surface area contributed by atoms with Gasteiger partial charge in [-0.15, -0.1) is 0 Å². The summed E-state index contributed by atoms with van der Waals surface area (Å²) in [6.45, 7) is 2.08. The van der Waals surface area contributed by atoms with Crippen LogP contribution in [0.5, 0.6) is 0 Å². The fourth-order valence-electron chi connectivity index (χ4n) is 1.95. The molecule has 3 nitrogen and oxygen atoms in total. The van der Waals surface area contributed by atoms with E-state index in [9.17, 15) is 0 Å². The summed E-state index contributed by atoms with van der Waals surface area (Å²) >= 11 is 3.50. The summed E-state index contributed by atoms with van der Waals surface area (Å²) < 4.78 is 3.01. The molecule has 3 aromatic rings. The zero-order valence-electron chi connectivity index (χ0n) is 9.26. The molecule has 4 heteroatoms. The lowest BCUT2D eigenvalue weighted by Crippen LogP contribution is -1.93. The van der Waals surface area contributed by atoms with Crippen LogP contribution in [0.4, 0.5) is 0 Å². The van der Waals surface area contributed by atoms with Crippen LogP contribution in [0, 0.1) is 6.92 Å². The summed E-state index contributed by atoms with van der Waals surface area (Å²) in [6, 6.07) is 10.1. The van der Waals surface area contributed by atoms with Crippen molar-refractivity contribution in [3.8, 4) is 11.4 Å². The SMILES string of the molecule is Cc1cccc2c(Br)nc(-c3ccncc3)n12. The van der Waals surface area contributed by atoms with Gasteiger partial charge in [0.15, 0.2) is 0 Å². The van der Waals surface area contributed by atoms with Gasteiger partial charge in [-0.2, -0.15) is 0 Å². The van der Waals surface area contributed by atoms with E-state index in [0.717, 1.165) is 27.2 Å². The summed E-state index contributed by atoms with van der Waals surface area (Å²) in [5.41, 5.74) is 3.30. The summed E-state index contributed by atoms with van der Waals surface area (Å²) in [6.07, 6.45) is 3.56. The Bertz CT molecular complexity index is 674. The summed E-state index contributed by atoms with van der Waals surface area (Å²) in [5.74, 6) is 0.937. The quantitative estimate of drug-likeness (QED) is 0.686. The van der Waals surface area contributed by atoms with Gasteiger partial charge in [-0.1, -0.05) is 6.07 Å². The lowest BCUT2D eigenvalue weighted by molar-refractivity contribution is 1.08. The molecule has 17 heavy (non-hydrogen) atoms. The van der Waals surface area contributed by atoms with E-state index in [1.807, 2.05) is 18.2 Å². The Morgan fingerprint density at radius 1 is 1.12 bits per heavy atom. The second-order valence-corrected chi connectivity index (χ2v) is 4.60. The number of aryl methyl sites for hydroxylation is 1. The maximum Gasteiger partial charge on any atom is 0.146 e. The minimum atomic E-state index is 0.869. The minimum absolute atomic E-state index is 0.869. The Labute approximate surface area is 107 Å². The molecule has 84 valence electrons. The molecule has 0 aliphatic heterocycles. The van der Waals surface area contributed by atoms with E-state index in [1.54, 1.807) is 12.4 Å². The first-order chi connectivity index (χ1) is 8.27. The Morgan fingerprint density at radius 3 is 2.65 bits per heavy atom. The predicted molar refractivity (Wildman–Crippen MR) is 70.9 cm³/mol. The van der Waals surface area contributed by atoms with E-state index in [-0.39, 0.29) is 0 Å². The molecule has 0 saturated heterocycles. The molecule has 0 fully saturated rings. The maximum atomic E-state index is 4.57. The third-order valence-electron chi connectivity index (χ3n) is 2.75. The first-order valence-electron chi connectivity index (χ1n) is 5.31. The van der Waals surface area contributed by atoms with Crippen LogP contribution in [0.1, 0.15) is 5.69 Å². The van der Waals surface area contributed by atoms with Gasteiger partial charge >= 0.3 is 0 Å². The van der Waals surface area contributed by atoms with E-state index in [1.165, 1.54) is 0 Å². The van der Waals surface area contributed by atoms with Crippen molar-refractivity contribution in [3.05, 3.63) is 53.0 Å². The Kier molecular flexibility index (Phi) is 2.44. The van der Waals surface area contributed by atoms with Crippen LogP contribution in [0.25, 0.3) is 16.9 Å². The number of nitrogens with zero attached hydrogens (tertiary/aromatic N) is 3. The lowest BCUT2D eigenvalue weighted by Gasteiger charge is -2.04. The van der Waals surface area contributed by atoms with Crippen LogP contribution in [0.15, 0.2) is 47.3 Å². The number of rotatable bonds is 1. The highest BCUT2D eigenvalue weighted by atomic mass is 79.9. The van der Waals surface area contributed by atoms with Crippen LogP contribution in [-0.4, -0.2) is 14.4 Å². The van der Waals surface area contributed by atoms with E-state index in [4.69, 9.17) is 0 Å². The third kappa shape index (κ3) is 1.65. The lowest BCUT2D eigenvalue weighted by atomic mass is 10.2. The second-order valence-electron chi connectivity index (χ2n) is 3.85. The van der Waals surface area contributed by atoms with Gasteiger partial charge in [0.1, 0.15) is 10.4 Å². The largest absolute Gasteiger partial charge is 0.296 e. The van der Waals surface area contributed by atoms with Gasteiger partial charge in [-0.25, -0.2) is 4.98 Å². The van der Waals surface area contributed by atoms with Crippen molar-refractivity contribution < 1.29 is 0 Å². The van der Waals surface area contributed by atoms with Crippen molar-refractivity contribution in [2.24, 2.45) is 0 Å². The highest BCUT2D eigenvalue weighted by Gasteiger charge is 2.11. The van der Waals surface area contributed by atoms with Gasteiger partial charge < -0.3 is 0 Å². The molecule has 0 amide bonds. The van der Waals surface area contributed by atoms with Crippen molar-refractivity contribution in [1.82, 2.24) is 14.4 Å². The van der Waals surface area contributed by atoms with E-state index in [0.29, 0.717) is 0 Å². The standard InChI is InChI=1S/C13H10BrN3/c1-9-3-2-4-11-12(14)16-13(17(9)11)10-5-7-15-8-6-10/h2-8H,1H3. The topological polar surface area (TPSA) is 30.2 Å². The molecule has 0 saturated carbocycles. The van der Waals surface area contributed by atoms with Crippen molar-refractivity contribution in [2.75, 3.05) is 0 Å². The molecule has 3 heterocycles. The van der Waals surface area contributed by atoms with Gasteiger partial charge in [-0.3, -0.25) is 9.38 Å². The Hall–Kier alpha value is -1.68. The molecular weight excluding hydrogens is 278 g/mol. The molecule has 0 aromatic carbocycles. The first-order valence-corrected chi connectivity index (χ1v) is 6.10. The van der Waals surface area contributed by atoms with Crippen LogP contribution in [-0.2, 0) is 0 Å². The van der Waals surface area contributed by atoms with Gasteiger partial charge in [0, 0.05) is 23.7 Å². The number of aromatic nitrogens is 3. The smallest absolute Gasteiger partial charge is 0.146 e. The maximum absolute atomic E-state index is 4.57. The molecule has 0 bridgehead atoms. The minimum Gasteiger partial charge on any atom is -0.296 e. The molecule has 0 radical (unpaired) electrons. The normalized spacial score (nSPS) is 10.9. The number of fused-ring (bicyclic) bond motifs is 1. The molecule has 0 N–H and O–H groups in total. The zero-order chi connectivity index (χ0) is 11.8. The molecular formula is C13H10BrN3. The highest BCUT2D eigenvalue weighted by molar-refractivity contribution is 9.10. The molecule has 0 unspecified atom stereocenters. The van der Waals surface area contributed by atoms with Crippen LogP contribution in [0.3, 0.4) is 0 Å². The van der Waals surface area contributed by atoms with E-state index < -0.39 is 0 Å². The summed E-state index contributed by atoms with van der Waals surface area (Å²) in [7, 11) is 0. The number of imidazole rings is 1. The van der Waals surface area contributed by atoms with Gasteiger partial charge in [0.2, 0.25) is 0 Å². The average molecular weight is 288 g/mol. The number of pyridine rings is 2. The molecule has 0 spiro atoms.